The van der Waals surface area contributed by atoms with Gasteiger partial charge in [0.2, 0.25) is 11.8 Å². The van der Waals surface area contributed by atoms with Crippen LogP contribution in [0.4, 0.5) is 0 Å². The van der Waals surface area contributed by atoms with Crippen molar-refractivity contribution in [1.82, 2.24) is 51.3 Å². The summed E-state index contributed by atoms with van der Waals surface area (Å²) in [5.74, 6) is 3.07. The molecule has 0 saturated carbocycles. The number of carbonyl (C=O) groups excluding carboxylic acids is 4. The van der Waals surface area contributed by atoms with Crippen molar-refractivity contribution in [2.24, 2.45) is 5.92 Å². The highest BCUT2D eigenvalue weighted by molar-refractivity contribution is 8.00. The average Bonchev–Trinajstić information content (AvgIpc) is 4.19. The summed E-state index contributed by atoms with van der Waals surface area (Å²) in [4.78, 5) is 47.6. The van der Waals surface area contributed by atoms with E-state index < -0.39 is 0 Å². The summed E-state index contributed by atoms with van der Waals surface area (Å²) in [6.07, 6.45) is 20.9. The molecule has 2 amide bonds. The number of fused-ring (bicyclic) bond motifs is 1. The van der Waals surface area contributed by atoms with Crippen LogP contribution in [-0.4, -0.2) is 135 Å². The Bertz CT molecular complexity index is 1910. The normalized spacial score (nSPS) is 19.5. The fourth-order valence-corrected chi connectivity index (χ4v) is 10.6. The third-order valence-electron chi connectivity index (χ3n) is 13.5. The Labute approximate surface area is 441 Å². The van der Waals surface area contributed by atoms with Gasteiger partial charge >= 0.3 is 5.97 Å². The van der Waals surface area contributed by atoms with Gasteiger partial charge in [-0.05, 0) is 70.0 Å². The van der Waals surface area contributed by atoms with Gasteiger partial charge in [-0.1, -0.05) is 97.1 Å². The minimum atomic E-state index is -0.113. The molecular formula is C54H94N10O8S. The molecule has 18 nitrogen and oxygen atoms in total. The Morgan fingerprint density at radius 2 is 1.26 bits per heavy atom. The predicted molar refractivity (Wildman–Crippen MR) is 287 cm³/mol. The molecule has 0 aromatic carbocycles. The zero-order valence-corrected chi connectivity index (χ0v) is 46.6. The molecule has 0 aliphatic carbocycles. The van der Waals surface area contributed by atoms with E-state index in [0.29, 0.717) is 127 Å². The van der Waals surface area contributed by atoms with Gasteiger partial charge in [-0.25, -0.2) is 4.68 Å². The molecule has 2 aromatic rings. The van der Waals surface area contributed by atoms with Gasteiger partial charge in [0, 0.05) is 91.8 Å². The first kappa shape index (κ1) is 61.5. The van der Waals surface area contributed by atoms with Crippen LogP contribution >= 0.6 is 11.8 Å². The van der Waals surface area contributed by atoms with Crippen molar-refractivity contribution in [1.29, 1.82) is 0 Å². The van der Waals surface area contributed by atoms with Gasteiger partial charge in [0.25, 0.3) is 0 Å². The second-order valence-electron chi connectivity index (χ2n) is 22.1. The van der Waals surface area contributed by atoms with E-state index in [9.17, 15) is 19.2 Å². The van der Waals surface area contributed by atoms with Gasteiger partial charge in [-0.2, -0.15) is 11.8 Å². The number of nitrogens with one attached hydrogen (secondary N) is 4. The summed E-state index contributed by atoms with van der Waals surface area (Å²) < 4.78 is 25.6. The third-order valence-corrected chi connectivity index (χ3v) is 15.0. The van der Waals surface area contributed by atoms with Crippen LogP contribution in [0.15, 0.2) is 24.8 Å². The van der Waals surface area contributed by atoms with Crippen molar-refractivity contribution in [2.75, 3.05) is 58.5 Å². The van der Waals surface area contributed by atoms with E-state index in [1.54, 1.807) is 4.68 Å². The van der Waals surface area contributed by atoms with Gasteiger partial charge in [0.05, 0.1) is 70.0 Å². The van der Waals surface area contributed by atoms with Crippen LogP contribution in [0, 0.1) is 5.92 Å². The molecule has 3 aliphatic heterocycles. The fraction of sp³-hybridized carbons (Fsp3) is 0.815. The number of ether oxygens (including phenoxy) is 4. The number of Topliss-reactive ketones (excluding diaryl/α,β-unsaturated/α-hetero) is 1. The van der Waals surface area contributed by atoms with E-state index in [-0.39, 0.29) is 28.6 Å². The average molecular weight is 1040 g/mol. The van der Waals surface area contributed by atoms with Crippen LogP contribution in [0.1, 0.15) is 182 Å². The van der Waals surface area contributed by atoms with Gasteiger partial charge in [0.15, 0.2) is 0 Å². The summed E-state index contributed by atoms with van der Waals surface area (Å²) in [7, 11) is 0. The van der Waals surface area contributed by atoms with Crippen LogP contribution in [0.25, 0.3) is 0 Å². The monoisotopic (exact) mass is 1040 g/mol. The van der Waals surface area contributed by atoms with Crippen LogP contribution in [0.3, 0.4) is 0 Å². The zero-order chi connectivity index (χ0) is 52.9. The zero-order valence-electron chi connectivity index (χ0n) is 45.8. The number of hydrogen-bond donors (Lipinski definition) is 4. The van der Waals surface area contributed by atoms with Gasteiger partial charge < -0.3 is 40.2 Å². The lowest BCUT2D eigenvalue weighted by atomic mass is 9.93. The predicted octanol–water partition coefficient (Wildman–Crippen LogP) is 7.49. The first-order valence-corrected chi connectivity index (χ1v) is 28.6. The van der Waals surface area contributed by atoms with Crippen LogP contribution < -0.4 is 21.3 Å². The number of esters is 1. The molecule has 73 heavy (non-hydrogen) atoms. The van der Waals surface area contributed by atoms with Crippen LogP contribution in [-0.2, 0) is 62.0 Å². The van der Waals surface area contributed by atoms with E-state index >= 15 is 0 Å². The van der Waals surface area contributed by atoms with Crippen molar-refractivity contribution in [3.8, 4) is 0 Å². The maximum absolute atomic E-state index is 12.2. The Balaban J connectivity index is 0.000000318. The van der Waals surface area contributed by atoms with Crippen LogP contribution in [0.2, 0.25) is 0 Å². The number of carbonyl (C=O) groups is 4. The smallest absolute Gasteiger partial charge is 0.305 e. The number of unbranched alkanes of at least 4 members (excludes halogenated alkanes) is 8. The molecule has 3 aliphatic rings. The maximum Gasteiger partial charge on any atom is 0.305 e. The Hall–Kier alpha value is -4.07. The second kappa shape index (κ2) is 33.8. The van der Waals surface area contributed by atoms with Gasteiger partial charge in [0.1, 0.15) is 5.78 Å². The topological polar surface area (TPSA) is 215 Å². The van der Waals surface area contributed by atoms with Crippen molar-refractivity contribution in [3.05, 3.63) is 36.2 Å². The van der Waals surface area contributed by atoms with Crippen molar-refractivity contribution in [2.45, 2.75) is 218 Å². The van der Waals surface area contributed by atoms with Crippen molar-refractivity contribution < 1.29 is 38.1 Å². The number of aryl methyl sites for hydroxylation is 1. The number of rotatable bonds is 36. The minimum absolute atomic E-state index is 0.00128. The number of aromatic nitrogens is 6. The molecule has 2 aromatic heterocycles. The summed E-state index contributed by atoms with van der Waals surface area (Å²) in [5, 5.41) is 29.9. The Morgan fingerprint density at radius 1 is 0.685 bits per heavy atom. The minimum Gasteiger partial charge on any atom is -0.466 e. The summed E-state index contributed by atoms with van der Waals surface area (Å²) in [6, 6.07) is 1.22. The second-order valence-corrected chi connectivity index (χ2v) is 23.4. The summed E-state index contributed by atoms with van der Waals surface area (Å²) >= 11 is 1.99. The molecule has 3 fully saturated rings. The van der Waals surface area contributed by atoms with E-state index in [1.807, 2.05) is 28.8 Å². The van der Waals surface area contributed by atoms with Gasteiger partial charge in [-0.15, -0.1) is 10.2 Å². The molecule has 5 heterocycles. The third kappa shape index (κ3) is 25.8. The summed E-state index contributed by atoms with van der Waals surface area (Å²) in [6.45, 7) is 24.4. The van der Waals surface area contributed by atoms with Crippen molar-refractivity contribution in [3.63, 3.8) is 0 Å². The van der Waals surface area contributed by atoms with E-state index in [1.165, 1.54) is 0 Å². The number of hydrogen-bond acceptors (Lipinski definition) is 15. The van der Waals surface area contributed by atoms with E-state index in [2.05, 4.69) is 96.9 Å². The molecule has 4 N–H and O–H groups in total. The fourth-order valence-electron chi connectivity index (χ4n) is 8.92. The van der Waals surface area contributed by atoms with E-state index in [0.717, 1.165) is 119 Å². The maximum atomic E-state index is 12.2. The van der Waals surface area contributed by atoms with Crippen LogP contribution in [0.5, 0.6) is 0 Å². The number of amides is 2. The number of ketones is 1. The molecule has 414 valence electrons. The molecule has 0 spiro atoms. The first-order chi connectivity index (χ1) is 35.0. The quantitative estimate of drug-likeness (QED) is 0.0384. The SMILES string of the molecule is C=C1N[C@@H](C)[C@@H](CCCCCC(=O)NCCOCCOCCOCCn2cc(C(C)(C)C)nn2)N1.CC(C)(C)c1cn(CCCCCC(=O)OCCCCCCC(=O)CCCC[C@H]2SC[C@@H]3CC(=O)N[C@@H]32)nn1. The molecule has 0 unspecified atom stereocenters. The van der Waals surface area contributed by atoms with E-state index in [4.69, 9.17) is 18.9 Å². The largest absolute Gasteiger partial charge is 0.466 e. The Morgan fingerprint density at radius 3 is 1.92 bits per heavy atom. The highest BCUT2D eigenvalue weighted by Crippen LogP contribution is 2.39. The molecule has 0 radical (unpaired) electrons. The van der Waals surface area contributed by atoms with Gasteiger partial charge in [-0.3, -0.25) is 23.9 Å². The molecule has 19 heteroatoms. The molecule has 5 rings (SSSR count). The lowest BCUT2D eigenvalue weighted by Gasteiger charge is -2.17. The highest BCUT2D eigenvalue weighted by Gasteiger charge is 2.42. The molecule has 5 atom stereocenters. The Kier molecular flexibility index (Phi) is 28.4. The molecule has 3 saturated heterocycles. The molecule has 0 bridgehead atoms. The summed E-state index contributed by atoms with van der Waals surface area (Å²) in [5.41, 5.74) is 1.98. The lowest BCUT2D eigenvalue weighted by molar-refractivity contribution is -0.144. The first-order valence-electron chi connectivity index (χ1n) is 27.6. The standard InChI is InChI=1S/C29H48N4O4S.C25H46N6O4/c1-29(2,3)25-20-33(32-31-25)17-11-6-8-16-27(36)37-18-12-5-4-7-13-23(34)14-9-10-15-24-28-22(21-38-24)19-26(35)30-28;1-20-22(28-21(2)27-20)9-7-6-8-10-24(32)26-11-13-33-15-17-35-18-16-34-14-12-31-19-23(29-30-31)25(3,4)5/h20,22,24,28H,4-19,21H2,1-3H3,(H,30,35);19-20,22,27-28H,2,6-18H2,1,3-5H3,(H,26,32)/t22-,24+,28-;20-,22+/m00/s1. The highest BCUT2D eigenvalue weighted by atomic mass is 32.2. The number of nitrogens with zero attached hydrogens (tertiary/aromatic N) is 6. The molecular weight excluding hydrogens is 949 g/mol. The van der Waals surface area contributed by atoms with Crippen molar-refractivity contribution >= 4 is 35.3 Å². The lowest BCUT2D eigenvalue weighted by Crippen LogP contribution is -2.34. The number of thioether (sulfide) groups is 1.